The number of rotatable bonds is 5. The summed E-state index contributed by atoms with van der Waals surface area (Å²) in [7, 11) is -5.87. The predicted molar refractivity (Wildman–Crippen MR) is 79.6 cm³/mol. The fraction of sp³-hybridized carbons (Fsp3) is 0.933. The van der Waals surface area contributed by atoms with E-state index in [0.29, 0.717) is 17.8 Å². The van der Waals surface area contributed by atoms with Gasteiger partial charge in [0.25, 0.3) is 0 Å². The molecular weight excluding hydrogens is 363 g/mol. The Morgan fingerprint density at radius 2 is 1.64 bits per heavy atom. The number of esters is 1. The van der Waals surface area contributed by atoms with Gasteiger partial charge in [-0.1, -0.05) is 4.47 Å². The quantitative estimate of drug-likeness (QED) is 0.581. The van der Waals surface area contributed by atoms with Crippen LogP contribution in [0.1, 0.15) is 45.4 Å². The first-order valence-electron chi connectivity index (χ1n) is 8.41. The molecule has 0 amide bonds. The Morgan fingerprint density at radius 3 is 2.04 bits per heavy atom. The summed E-state index contributed by atoms with van der Waals surface area (Å²) in [6.45, 7) is 0.433. The standard InChI is InChI=1S/C15H22F3NO5S/c1-9(19(21)25(22,23)15(16,17)18)8-24-13(20)14-5-10-2-11(6-14)4-12(3-10)7-14/h9-12,21H,2-8H2,1H3. The van der Waals surface area contributed by atoms with Gasteiger partial charge in [0.1, 0.15) is 6.61 Å². The van der Waals surface area contributed by atoms with Crippen molar-refractivity contribution in [3.05, 3.63) is 0 Å². The molecule has 0 aromatic carbocycles. The number of ether oxygens (including phenoxy) is 1. The maximum Gasteiger partial charge on any atom is 0.513 e. The average molecular weight is 385 g/mol. The summed E-state index contributed by atoms with van der Waals surface area (Å²) in [5, 5.41) is 9.36. The Labute approximate surface area is 144 Å². The van der Waals surface area contributed by atoms with Gasteiger partial charge in [-0.05, 0) is 63.2 Å². The van der Waals surface area contributed by atoms with Crippen LogP contribution in [0.15, 0.2) is 0 Å². The minimum Gasteiger partial charge on any atom is -0.463 e. The van der Waals surface area contributed by atoms with Gasteiger partial charge in [0.05, 0.1) is 11.5 Å². The summed E-state index contributed by atoms with van der Waals surface area (Å²) >= 11 is 0. The van der Waals surface area contributed by atoms with Crippen molar-refractivity contribution in [1.82, 2.24) is 4.47 Å². The summed E-state index contributed by atoms with van der Waals surface area (Å²) in [4.78, 5) is 12.6. The first-order valence-corrected chi connectivity index (χ1v) is 9.85. The highest BCUT2D eigenvalue weighted by Crippen LogP contribution is 2.60. The molecule has 4 bridgehead atoms. The minimum atomic E-state index is -5.87. The zero-order valence-electron chi connectivity index (χ0n) is 13.8. The maximum atomic E-state index is 12.6. The van der Waals surface area contributed by atoms with Crippen LogP contribution in [0, 0.1) is 23.2 Å². The summed E-state index contributed by atoms with van der Waals surface area (Å²) < 4.78 is 64.1. The van der Waals surface area contributed by atoms with Crippen LogP contribution in [0.2, 0.25) is 0 Å². The Hall–Kier alpha value is -0.870. The topological polar surface area (TPSA) is 83.9 Å². The molecule has 0 aliphatic heterocycles. The molecule has 4 rings (SSSR count). The van der Waals surface area contributed by atoms with Crippen molar-refractivity contribution in [2.45, 2.75) is 57.0 Å². The van der Waals surface area contributed by atoms with E-state index in [9.17, 15) is 31.6 Å². The number of carbonyl (C=O) groups excluding carboxylic acids is 1. The van der Waals surface area contributed by atoms with E-state index in [2.05, 4.69) is 0 Å². The highest BCUT2D eigenvalue weighted by Gasteiger charge is 2.56. The molecule has 6 nitrogen and oxygen atoms in total. The third-order valence-electron chi connectivity index (χ3n) is 5.84. The number of hydroxylamine groups is 1. The lowest BCUT2D eigenvalue weighted by atomic mass is 9.49. The van der Waals surface area contributed by atoms with E-state index in [-0.39, 0.29) is 0 Å². The molecule has 0 heterocycles. The van der Waals surface area contributed by atoms with Crippen LogP contribution in [0.3, 0.4) is 0 Å². The highest BCUT2D eigenvalue weighted by molar-refractivity contribution is 7.89. The van der Waals surface area contributed by atoms with E-state index in [1.54, 1.807) is 0 Å². The monoisotopic (exact) mass is 385 g/mol. The maximum absolute atomic E-state index is 12.6. The van der Waals surface area contributed by atoms with E-state index in [4.69, 9.17) is 4.74 Å². The Bertz CT molecular complexity index is 613. The number of halogens is 3. The van der Waals surface area contributed by atoms with Gasteiger partial charge in [0.2, 0.25) is 0 Å². The van der Waals surface area contributed by atoms with E-state index < -0.39 is 44.0 Å². The Morgan fingerprint density at radius 1 is 1.20 bits per heavy atom. The van der Waals surface area contributed by atoms with Crippen LogP contribution in [0.25, 0.3) is 0 Å². The number of sulfonamides is 1. The third-order valence-corrected chi connectivity index (χ3v) is 7.28. The first-order chi connectivity index (χ1) is 11.4. The number of hydrogen-bond acceptors (Lipinski definition) is 5. The van der Waals surface area contributed by atoms with Gasteiger partial charge in [0.15, 0.2) is 0 Å². The van der Waals surface area contributed by atoms with Gasteiger partial charge < -0.3 is 4.74 Å². The van der Waals surface area contributed by atoms with Crippen molar-refractivity contribution in [2.75, 3.05) is 6.61 Å². The van der Waals surface area contributed by atoms with Crippen molar-refractivity contribution in [2.24, 2.45) is 23.2 Å². The molecule has 0 spiro atoms. The molecule has 4 fully saturated rings. The second-order valence-electron chi connectivity index (χ2n) is 7.87. The van der Waals surface area contributed by atoms with E-state index in [1.165, 1.54) is 0 Å². The van der Waals surface area contributed by atoms with Crippen molar-refractivity contribution in [1.29, 1.82) is 0 Å². The fourth-order valence-corrected chi connectivity index (χ4v) is 5.86. The molecule has 4 aliphatic rings. The van der Waals surface area contributed by atoms with Crippen LogP contribution in [-0.4, -0.2) is 42.2 Å². The molecule has 4 aliphatic carbocycles. The lowest BCUT2D eigenvalue weighted by molar-refractivity contribution is -0.175. The van der Waals surface area contributed by atoms with Crippen LogP contribution in [-0.2, 0) is 19.6 Å². The number of nitrogens with zero attached hydrogens (tertiary/aromatic N) is 1. The number of hydrogen-bond donors (Lipinski definition) is 1. The SMILES string of the molecule is CC(COC(=O)C12CC3CC(CC(C3)C1)C2)N(O)S(=O)(=O)C(F)(F)F. The average Bonchev–Trinajstić information content (AvgIpc) is 2.48. The van der Waals surface area contributed by atoms with Crippen LogP contribution in [0.4, 0.5) is 13.2 Å². The summed E-state index contributed by atoms with van der Waals surface area (Å²) in [5.41, 5.74) is -6.20. The molecule has 144 valence electrons. The van der Waals surface area contributed by atoms with Crippen LogP contribution < -0.4 is 0 Å². The lowest BCUT2D eigenvalue weighted by Gasteiger charge is -2.55. The van der Waals surface area contributed by atoms with Gasteiger partial charge in [-0.15, -0.1) is 0 Å². The summed E-state index contributed by atoms with van der Waals surface area (Å²) in [6, 6.07) is -1.52. The van der Waals surface area contributed by atoms with Crippen molar-refractivity contribution in [3.8, 4) is 0 Å². The van der Waals surface area contributed by atoms with Gasteiger partial charge in [-0.25, -0.2) is 8.42 Å². The molecule has 25 heavy (non-hydrogen) atoms. The Kier molecular flexibility index (Phi) is 4.61. The molecule has 1 N–H and O–H groups in total. The first kappa shape index (κ1) is 18.9. The molecule has 1 atom stereocenters. The fourth-order valence-electron chi connectivity index (χ4n) is 5.12. The smallest absolute Gasteiger partial charge is 0.463 e. The molecule has 4 saturated carbocycles. The van der Waals surface area contributed by atoms with E-state index in [1.807, 2.05) is 0 Å². The largest absolute Gasteiger partial charge is 0.513 e. The number of alkyl halides is 3. The van der Waals surface area contributed by atoms with Crippen LogP contribution >= 0.6 is 0 Å². The van der Waals surface area contributed by atoms with Crippen molar-refractivity contribution < 1.29 is 36.3 Å². The van der Waals surface area contributed by atoms with E-state index in [0.717, 1.165) is 45.4 Å². The van der Waals surface area contributed by atoms with Gasteiger partial charge >= 0.3 is 21.5 Å². The molecule has 0 aromatic heterocycles. The van der Waals surface area contributed by atoms with E-state index >= 15 is 0 Å². The number of carbonyl (C=O) groups is 1. The molecule has 10 heteroatoms. The molecule has 1 unspecified atom stereocenters. The second-order valence-corrected chi connectivity index (χ2v) is 9.66. The summed E-state index contributed by atoms with van der Waals surface area (Å²) in [6.07, 6.45) is 5.56. The second kappa shape index (κ2) is 6.09. The molecular formula is C15H22F3NO5S. The Balaban J connectivity index is 1.61. The zero-order chi connectivity index (χ0) is 18.6. The van der Waals surface area contributed by atoms with Crippen LogP contribution in [0.5, 0.6) is 0 Å². The van der Waals surface area contributed by atoms with Crippen molar-refractivity contribution >= 4 is 16.0 Å². The summed E-state index contributed by atoms with van der Waals surface area (Å²) in [5.74, 6) is 1.01. The molecule has 0 radical (unpaired) electrons. The third kappa shape index (κ3) is 3.28. The van der Waals surface area contributed by atoms with Gasteiger partial charge in [-0.3, -0.25) is 10.0 Å². The highest BCUT2D eigenvalue weighted by atomic mass is 32.2. The molecule has 0 saturated heterocycles. The normalized spacial score (nSPS) is 35.8. The van der Waals surface area contributed by atoms with Gasteiger partial charge in [0, 0.05) is 0 Å². The zero-order valence-corrected chi connectivity index (χ0v) is 14.6. The molecule has 0 aromatic rings. The van der Waals surface area contributed by atoms with Gasteiger partial charge in [-0.2, -0.15) is 13.2 Å². The predicted octanol–water partition coefficient (Wildman–Crippen LogP) is 2.68. The minimum absolute atomic E-state index is 0.476. The van der Waals surface area contributed by atoms with Crippen molar-refractivity contribution in [3.63, 3.8) is 0 Å². The lowest BCUT2D eigenvalue weighted by Crippen LogP contribution is -2.51.